The number of alkyl halides is 3. The second kappa shape index (κ2) is 5.81. The summed E-state index contributed by atoms with van der Waals surface area (Å²) in [6, 6.07) is 10.1. The quantitative estimate of drug-likeness (QED) is 0.839. The van der Waals surface area contributed by atoms with Crippen LogP contribution >= 0.6 is 0 Å². The highest BCUT2D eigenvalue weighted by molar-refractivity contribution is 5.73. The first-order valence-electron chi connectivity index (χ1n) is 7.11. The number of aliphatic carboxylic acids is 1. The first-order chi connectivity index (χ1) is 11.3. The van der Waals surface area contributed by atoms with Crippen molar-refractivity contribution in [3.63, 3.8) is 0 Å². The lowest BCUT2D eigenvalue weighted by molar-refractivity contribution is -0.217. The SMILES string of the molecule is O=C(O)[C@@H]1Cc2cc(-c3ccc(F)cc3)ccc2O[C@@H]1C(F)(F)F. The molecular formula is C17H12F4O3. The van der Waals surface area contributed by atoms with Crippen LogP contribution < -0.4 is 4.74 Å². The van der Waals surface area contributed by atoms with Gasteiger partial charge in [-0.25, -0.2) is 4.39 Å². The van der Waals surface area contributed by atoms with Gasteiger partial charge in [-0.1, -0.05) is 18.2 Å². The van der Waals surface area contributed by atoms with Crippen LogP contribution in [0.4, 0.5) is 17.6 Å². The van der Waals surface area contributed by atoms with Crippen LogP contribution in [0.25, 0.3) is 11.1 Å². The first kappa shape index (κ1) is 16.3. The van der Waals surface area contributed by atoms with Crippen LogP contribution in [0.5, 0.6) is 5.75 Å². The minimum atomic E-state index is -4.77. The average Bonchev–Trinajstić information content (AvgIpc) is 2.53. The summed E-state index contributed by atoms with van der Waals surface area (Å²) in [6.07, 6.45) is -7.43. The number of ether oxygens (including phenoxy) is 1. The number of hydrogen-bond acceptors (Lipinski definition) is 2. The molecule has 0 radical (unpaired) electrons. The molecule has 3 nitrogen and oxygen atoms in total. The van der Waals surface area contributed by atoms with Crippen molar-refractivity contribution in [2.45, 2.75) is 18.7 Å². The van der Waals surface area contributed by atoms with Gasteiger partial charge in [-0.3, -0.25) is 4.79 Å². The molecule has 0 unspecified atom stereocenters. The van der Waals surface area contributed by atoms with E-state index in [1.54, 1.807) is 12.1 Å². The van der Waals surface area contributed by atoms with Crippen LogP contribution in [0, 0.1) is 11.7 Å². The van der Waals surface area contributed by atoms with E-state index in [4.69, 9.17) is 9.84 Å². The Morgan fingerprint density at radius 2 is 1.71 bits per heavy atom. The van der Waals surface area contributed by atoms with Crippen molar-refractivity contribution in [2.24, 2.45) is 5.92 Å². The third-order valence-electron chi connectivity index (χ3n) is 3.94. The molecule has 7 heteroatoms. The number of carbonyl (C=O) groups is 1. The summed E-state index contributed by atoms with van der Waals surface area (Å²) in [5, 5.41) is 9.09. The second-order valence-corrected chi connectivity index (χ2v) is 5.56. The third-order valence-corrected chi connectivity index (χ3v) is 3.94. The number of fused-ring (bicyclic) bond motifs is 1. The molecule has 24 heavy (non-hydrogen) atoms. The number of carboxylic acid groups (broad SMARTS) is 1. The minimum Gasteiger partial charge on any atom is -0.481 e. The van der Waals surface area contributed by atoms with E-state index in [1.807, 2.05) is 0 Å². The molecule has 126 valence electrons. The Hall–Kier alpha value is -2.57. The minimum absolute atomic E-state index is 0.0145. The van der Waals surface area contributed by atoms with Crippen LogP contribution in [0.3, 0.4) is 0 Å². The Bertz CT molecular complexity index is 768. The summed E-state index contributed by atoms with van der Waals surface area (Å²) >= 11 is 0. The van der Waals surface area contributed by atoms with Gasteiger partial charge in [0, 0.05) is 0 Å². The molecule has 3 rings (SSSR count). The summed E-state index contributed by atoms with van der Waals surface area (Å²) < 4.78 is 56.9. The Morgan fingerprint density at radius 3 is 2.29 bits per heavy atom. The van der Waals surface area contributed by atoms with Gasteiger partial charge in [-0.05, 0) is 47.4 Å². The fourth-order valence-electron chi connectivity index (χ4n) is 2.75. The molecule has 0 saturated carbocycles. The fourth-order valence-corrected chi connectivity index (χ4v) is 2.75. The van der Waals surface area contributed by atoms with Crippen LogP contribution in [-0.2, 0) is 11.2 Å². The lowest BCUT2D eigenvalue weighted by Crippen LogP contribution is -2.47. The summed E-state index contributed by atoms with van der Waals surface area (Å²) in [7, 11) is 0. The first-order valence-corrected chi connectivity index (χ1v) is 7.11. The summed E-state index contributed by atoms with van der Waals surface area (Å²) in [5.74, 6) is -3.66. The highest BCUT2D eigenvalue weighted by Crippen LogP contribution is 2.39. The van der Waals surface area contributed by atoms with Gasteiger partial charge in [0.1, 0.15) is 17.5 Å². The number of halogens is 4. The van der Waals surface area contributed by atoms with Crippen molar-refractivity contribution in [1.82, 2.24) is 0 Å². The molecule has 0 spiro atoms. The van der Waals surface area contributed by atoms with E-state index in [0.717, 1.165) is 0 Å². The Labute approximate surface area is 134 Å². The molecule has 0 aliphatic carbocycles. The number of benzene rings is 2. The van der Waals surface area contributed by atoms with Crippen molar-refractivity contribution in [3.8, 4) is 16.9 Å². The molecule has 2 atom stereocenters. The van der Waals surface area contributed by atoms with E-state index in [-0.39, 0.29) is 12.2 Å². The predicted octanol–water partition coefficient (Wildman–Crippen LogP) is 4.06. The standard InChI is InChI=1S/C17H12F4O3/c18-12-4-1-9(2-5-12)10-3-6-14-11(7-10)8-13(16(22)23)15(24-14)17(19,20)21/h1-7,13,15H,8H2,(H,22,23)/t13-,15+/m1/s1. The second-order valence-electron chi connectivity index (χ2n) is 5.56. The molecule has 1 aliphatic rings. The fraction of sp³-hybridized carbons (Fsp3) is 0.235. The molecule has 1 aliphatic heterocycles. The maximum absolute atomic E-state index is 13.0. The molecule has 0 bridgehead atoms. The Kier molecular flexibility index (Phi) is 3.95. The lowest BCUT2D eigenvalue weighted by Gasteiger charge is -2.32. The average molecular weight is 340 g/mol. The van der Waals surface area contributed by atoms with Crippen LogP contribution in [0.15, 0.2) is 42.5 Å². The van der Waals surface area contributed by atoms with Crippen LogP contribution in [-0.4, -0.2) is 23.4 Å². The molecule has 1 N–H and O–H groups in total. The Balaban J connectivity index is 1.98. The van der Waals surface area contributed by atoms with Gasteiger partial charge in [0.2, 0.25) is 6.10 Å². The number of carboxylic acids is 1. The van der Waals surface area contributed by atoms with Gasteiger partial charge in [0.25, 0.3) is 0 Å². The van der Waals surface area contributed by atoms with E-state index in [2.05, 4.69) is 0 Å². The highest BCUT2D eigenvalue weighted by atomic mass is 19.4. The maximum atomic E-state index is 13.0. The van der Waals surface area contributed by atoms with Gasteiger partial charge in [-0.2, -0.15) is 13.2 Å². The van der Waals surface area contributed by atoms with Crippen molar-refractivity contribution in [1.29, 1.82) is 0 Å². The molecule has 2 aromatic carbocycles. The van der Waals surface area contributed by atoms with E-state index < -0.39 is 30.0 Å². The number of hydrogen-bond donors (Lipinski definition) is 1. The molecule has 0 aromatic heterocycles. The topological polar surface area (TPSA) is 46.5 Å². The van der Waals surface area contributed by atoms with E-state index >= 15 is 0 Å². The van der Waals surface area contributed by atoms with Crippen molar-refractivity contribution >= 4 is 5.97 Å². The molecule has 2 aromatic rings. The largest absolute Gasteiger partial charge is 0.481 e. The van der Waals surface area contributed by atoms with Crippen LogP contribution in [0.2, 0.25) is 0 Å². The summed E-state index contributed by atoms with van der Waals surface area (Å²) in [5.41, 5.74) is 1.70. The van der Waals surface area contributed by atoms with E-state index in [1.165, 1.54) is 30.3 Å². The van der Waals surface area contributed by atoms with Gasteiger partial charge < -0.3 is 9.84 Å². The van der Waals surface area contributed by atoms with E-state index in [9.17, 15) is 22.4 Å². The monoisotopic (exact) mass is 340 g/mol. The van der Waals surface area contributed by atoms with Gasteiger partial charge >= 0.3 is 12.1 Å². The molecule has 0 amide bonds. The van der Waals surface area contributed by atoms with Crippen molar-refractivity contribution in [3.05, 3.63) is 53.8 Å². The lowest BCUT2D eigenvalue weighted by atomic mass is 9.88. The zero-order valence-corrected chi connectivity index (χ0v) is 12.2. The van der Waals surface area contributed by atoms with Crippen molar-refractivity contribution < 1.29 is 32.2 Å². The molecule has 1 heterocycles. The highest BCUT2D eigenvalue weighted by Gasteiger charge is 2.52. The molecular weight excluding hydrogens is 328 g/mol. The zero-order valence-electron chi connectivity index (χ0n) is 12.2. The maximum Gasteiger partial charge on any atom is 0.426 e. The van der Waals surface area contributed by atoms with E-state index in [0.29, 0.717) is 16.7 Å². The summed E-state index contributed by atoms with van der Waals surface area (Å²) in [6.45, 7) is 0. The summed E-state index contributed by atoms with van der Waals surface area (Å²) in [4.78, 5) is 11.2. The molecule has 0 fully saturated rings. The number of rotatable bonds is 2. The molecule has 0 saturated heterocycles. The predicted molar refractivity (Wildman–Crippen MR) is 77.1 cm³/mol. The van der Waals surface area contributed by atoms with Gasteiger partial charge in [0.15, 0.2) is 0 Å². The van der Waals surface area contributed by atoms with Gasteiger partial charge in [0.05, 0.1) is 0 Å². The third kappa shape index (κ3) is 3.06. The van der Waals surface area contributed by atoms with Gasteiger partial charge in [-0.15, -0.1) is 0 Å². The Morgan fingerprint density at radius 1 is 1.08 bits per heavy atom. The zero-order chi connectivity index (χ0) is 17.5. The normalized spacial score (nSPS) is 20.2. The van der Waals surface area contributed by atoms with Crippen molar-refractivity contribution in [2.75, 3.05) is 0 Å². The van der Waals surface area contributed by atoms with Crippen LogP contribution in [0.1, 0.15) is 5.56 Å². The smallest absolute Gasteiger partial charge is 0.426 e.